The van der Waals surface area contributed by atoms with E-state index in [0.717, 1.165) is 6.42 Å². The Bertz CT molecular complexity index is 439. The lowest BCUT2D eigenvalue weighted by Gasteiger charge is -2.33. The van der Waals surface area contributed by atoms with E-state index in [-0.39, 0.29) is 116 Å². The highest BCUT2D eigenvalue weighted by Crippen LogP contribution is 2.43. The van der Waals surface area contributed by atoms with Crippen LogP contribution in [0.1, 0.15) is 116 Å². The number of alkyl halides is 11. The van der Waals surface area contributed by atoms with Crippen molar-refractivity contribution in [2.45, 2.75) is 141 Å². The summed E-state index contributed by atoms with van der Waals surface area (Å²) in [7, 11) is 0.727. The van der Waals surface area contributed by atoms with Gasteiger partial charge in [-0.15, -0.1) is 8.78 Å². The van der Waals surface area contributed by atoms with Gasteiger partial charge in [0.1, 0.15) is 0 Å². The van der Waals surface area contributed by atoms with Crippen LogP contribution in [0.15, 0.2) is 12.4 Å². The molecule has 0 aliphatic heterocycles. The molecule has 0 spiro atoms. The van der Waals surface area contributed by atoms with Crippen LogP contribution in [0.5, 0.6) is 0 Å². The summed E-state index contributed by atoms with van der Waals surface area (Å²) in [5, 5.41) is 0. The van der Waals surface area contributed by atoms with Crippen LogP contribution >= 0.6 is 0 Å². The molecule has 0 aromatic rings. The molecule has 0 fully saturated rings. The minimum absolute atomic E-state index is 0. The van der Waals surface area contributed by atoms with E-state index in [0.29, 0.717) is 7.18 Å². The van der Waals surface area contributed by atoms with Crippen molar-refractivity contribution in [2.24, 2.45) is 5.92 Å². The van der Waals surface area contributed by atoms with E-state index in [1.807, 2.05) is 20.4 Å². The molecule has 42 heavy (non-hydrogen) atoms. The fourth-order valence-electron chi connectivity index (χ4n) is 0.747. The predicted octanol–water partition coefficient (Wildman–Crippen LogP) is 14.7. The molecule has 0 radical (unpaired) electrons. The number of methoxy groups -OCH3 is 1. The van der Waals surface area contributed by atoms with Gasteiger partial charge in [0.25, 0.3) is 0 Å². The lowest BCUT2D eigenvalue weighted by molar-refractivity contribution is -0.514. The molecule has 282 valence electrons. The van der Waals surface area contributed by atoms with Gasteiger partial charge < -0.3 is 0 Å². The second-order valence-electron chi connectivity index (χ2n) is 5.00. The second kappa shape index (κ2) is 49.5. The van der Waals surface area contributed by atoms with Crippen molar-refractivity contribution >= 4 is 0 Å². The number of halogens is 12. The highest BCUT2D eigenvalue weighted by Gasteiger charge is 2.63. The Hall–Kier alpha value is -1.22. The first-order valence-corrected chi connectivity index (χ1v) is 7.57. The molecule has 0 aliphatic rings. The van der Waals surface area contributed by atoms with Crippen molar-refractivity contribution in [2.75, 3.05) is 27.9 Å². The van der Waals surface area contributed by atoms with Crippen LogP contribution in [0.3, 0.4) is 0 Å². The summed E-state index contributed by atoms with van der Waals surface area (Å²) >= 11 is 0. The number of hydrogen-bond donors (Lipinski definition) is 0. The zero-order chi connectivity index (χ0) is 25.4. The van der Waals surface area contributed by atoms with Crippen LogP contribution in [0.25, 0.3) is 0 Å². The van der Waals surface area contributed by atoms with E-state index in [1.54, 1.807) is 0 Å². The first-order valence-electron chi connectivity index (χ1n) is 7.57. The molecule has 0 aromatic heterocycles. The van der Waals surface area contributed by atoms with Crippen molar-refractivity contribution in [3.05, 3.63) is 12.4 Å². The molecule has 0 bridgehead atoms. The molecule has 2 unspecified atom stereocenters. The highest BCUT2D eigenvalue weighted by molar-refractivity contribution is 4.93. The molecular weight excluding hydrogens is 600 g/mol. The highest BCUT2D eigenvalue weighted by atomic mass is 19.3. The predicted molar refractivity (Wildman–Crippen MR) is 164 cm³/mol. The molecule has 0 aliphatic carbocycles. The van der Waals surface area contributed by atoms with Crippen molar-refractivity contribution in [1.29, 1.82) is 0 Å². The third kappa shape index (κ3) is 51.5. The summed E-state index contributed by atoms with van der Waals surface area (Å²) in [4.78, 5) is 0. The lowest BCUT2D eigenvalue weighted by Crippen LogP contribution is -2.53. The zero-order valence-electron chi connectivity index (χ0n) is 16.7. The Labute approximate surface area is 254 Å². The molecule has 2 atom stereocenters. The van der Waals surface area contributed by atoms with Crippen molar-refractivity contribution in [1.82, 2.24) is 0 Å². The van der Waals surface area contributed by atoms with Crippen LogP contribution in [0.4, 0.5) is 52.7 Å². The van der Waals surface area contributed by atoms with E-state index < -0.39 is 37.1 Å². The fourth-order valence-corrected chi connectivity index (χ4v) is 0.747. The van der Waals surface area contributed by atoms with Crippen molar-refractivity contribution in [3.63, 3.8) is 0 Å². The van der Waals surface area contributed by atoms with Crippen LogP contribution in [-0.4, -0.2) is 52.3 Å². The van der Waals surface area contributed by atoms with E-state index >= 15 is 0 Å². The average molecular weight is 673 g/mol. The SMILES string of the molecule is C.C.C.C.C.C.C.C.C.C.C.C.C=C(F)C(F)(F)OC(C)(F)C(F)(F)OC(F)(F)OC.CCC(C)CF.CF.FCF. The topological polar surface area (TPSA) is 27.7 Å². The first-order chi connectivity index (χ1) is 13.4. The van der Waals surface area contributed by atoms with E-state index in [2.05, 4.69) is 14.2 Å². The molecule has 0 N–H and O–H groups in total. The molecule has 0 saturated heterocycles. The maximum absolute atomic E-state index is 13.2. The molecule has 15 heteroatoms. The number of rotatable bonds is 9. The quantitative estimate of drug-likeness (QED) is 0.180. The van der Waals surface area contributed by atoms with E-state index in [4.69, 9.17) is 0 Å². The Morgan fingerprint density at radius 2 is 0.952 bits per heavy atom. The molecular formula is C27H72F12O3. The number of hydrogen-bond acceptors (Lipinski definition) is 3. The minimum Gasteiger partial charge on any atom is -0.299 e. The van der Waals surface area contributed by atoms with Crippen molar-refractivity contribution in [3.8, 4) is 0 Å². The normalized spacial score (nSPS) is 10.4. The standard InChI is InChI=1S/C8H8F8O3.C5H11F.CH2F2.CH3F.12CH4/c1-4(9)6(11,12)18-5(2,10)7(13,14)19-8(15,16)17-3;1-3-5(2)4-6;2-1-3;1-2;;;;;;;;;;;;/h1H2,2-3H3;5H,3-4H2,1-2H3;1H2;1H3;12*1H4. The maximum atomic E-state index is 13.2. The van der Waals surface area contributed by atoms with Gasteiger partial charge in [0.15, 0.2) is 5.83 Å². The van der Waals surface area contributed by atoms with Gasteiger partial charge in [-0.05, 0) is 5.92 Å². The summed E-state index contributed by atoms with van der Waals surface area (Å²) in [5.41, 5.74) is 0. The Morgan fingerprint density at radius 3 is 1.10 bits per heavy atom. The molecule has 0 amide bonds. The Kier molecular flexibility index (Phi) is 124. The van der Waals surface area contributed by atoms with E-state index in [9.17, 15) is 52.7 Å². The lowest BCUT2D eigenvalue weighted by atomic mass is 10.1. The van der Waals surface area contributed by atoms with Crippen LogP contribution < -0.4 is 0 Å². The van der Waals surface area contributed by atoms with Gasteiger partial charge in [0.2, 0.25) is 6.93 Å². The molecule has 3 nitrogen and oxygen atoms in total. The summed E-state index contributed by atoms with van der Waals surface area (Å²) in [6, 6.07) is 0. The maximum Gasteiger partial charge on any atom is 0.490 e. The summed E-state index contributed by atoms with van der Waals surface area (Å²) in [5.74, 6) is -7.14. The average Bonchev–Trinajstić information content (AvgIpc) is 2.62. The van der Waals surface area contributed by atoms with Crippen LogP contribution in [-0.2, 0) is 14.2 Å². The summed E-state index contributed by atoms with van der Waals surface area (Å²) < 4.78 is 150. The Morgan fingerprint density at radius 1 is 0.690 bits per heavy atom. The van der Waals surface area contributed by atoms with Gasteiger partial charge in [0.05, 0.1) is 13.9 Å². The monoisotopic (exact) mass is 673 g/mol. The van der Waals surface area contributed by atoms with Crippen LogP contribution in [0, 0.1) is 5.92 Å². The van der Waals surface area contributed by atoms with Gasteiger partial charge in [-0.2, -0.15) is 17.6 Å². The van der Waals surface area contributed by atoms with Crippen molar-refractivity contribution < 1.29 is 66.9 Å². The minimum atomic E-state index is -5.58. The number of ether oxygens (including phenoxy) is 3. The van der Waals surface area contributed by atoms with Crippen LogP contribution in [0.2, 0.25) is 0 Å². The zero-order valence-corrected chi connectivity index (χ0v) is 16.7. The largest absolute Gasteiger partial charge is 0.490 e. The fraction of sp³-hybridized carbons (Fsp3) is 0.926. The second-order valence-corrected chi connectivity index (χ2v) is 5.00. The van der Waals surface area contributed by atoms with Gasteiger partial charge >= 0.3 is 24.4 Å². The summed E-state index contributed by atoms with van der Waals surface area (Å²) in [6.07, 6.45) is -14.8. The van der Waals surface area contributed by atoms with Gasteiger partial charge in [-0.3, -0.25) is 18.3 Å². The third-order valence-corrected chi connectivity index (χ3v) is 2.60. The van der Waals surface area contributed by atoms with Gasteiger partial charge in [-0.25, -0.2) is 22.3 Å². The first kappa shape index (κ1) is 105. The smallest absolute Gasteiger partial charge is 0.299 e. The van der Waals surface area contributed by atoms with E-state index in [1.165, 1.54) is 0 Å². The Balaban J connectivity index is -0.0000000185. The molecule has 0 rings (SSSR count). The molecule has 0 heterocycles. The van der Waals surface area contributed by atoms with Gasteiger partial charge in [-0.1, -0.05) is 116 Å². The molecule has 0 aromatic carbocycles. The molecule has 0 saturated carbocycles. The van der Waals surface area contributed by atoms with Gasteiger partial charge in [0, 0.05) is 14.0 Å². The third-order valence-electron chi connectivity index (χ3n) is 2.60. The summed E-state index contributed by atoms with van der Waals surface area (Å²) in [6.45, 7) is 3.62.